The Morgan fingerprint density at radius 2 is 1.95 bits per heavy atom. The molecular weight excluding hydrogens is 270 g/mol. The lowest BCUT2D eigenvalue weighted by Crippen LogP contribution is -2.23. The van der Waals surface area contributed by atoms with Crippen LogP contribution in [0.4, 0.5) is 5.69 Å². The second kappa shape index (κ2) is 6.25. The topological polar surface area (TPSA) is 42.1 Å². The van der Waals surface area contributed by atoms with Gasteiger partial charge in [0.15, 0.2) is 0 Å². The minimum Gasteiger partial charge on any atom is -0.367 e. The van der Waals surface area contributed by atoms with Crippen LogP contribution < -0.4 is 10.6 Å². The normalized spacial score (nSPS) is 12.2. The number of pyridine rings is 1. The summed E-state index contributed by atoms with van der Waals surface area (Å²) in [5.41, 5.74) is 10.2. The van der Waals surface area contributed by atoms with E-state index in [0.29, 0.717) is 6.54 Å². The van der Waals surface area contributed by atoms with E-state index in [1.54, 1.807) is 0 Å². The van der Waals surface area contributed by atoms with Gasteiger partial charge < -0.3 is 10.6 Å². The summed E-state index contributed by atoms with van der Waals surface area (Å²) < 4.78 is 0. The van der Waals surface area contributed by atoms with Crippen molar-refractivity contribution in [3.8, 4) is 0 Å². The van der Waals surface area contributed by atoms with Crippen LogP contribution in [0, 0.1) is 6.92 Å². The highest BCUT2D eigenvalue weighted by Crippen LogP contribution is 2.28. The number of nitrogens with zero attached hydrogens (tertiary/aromatic N) is 2. The first-order valence-electron chi connectivity index (χ1n) is 6.67. The predicted octanol–water partition coefficient (Wildman–Crippen LogP) is 3.70. The van der Waals surface area contributed by atoms with Crippen molar-refractivity contribution in [1.29, 1.82) is 0 Å². The Bertz CT molecular complexity index is 581. The van der Waals surface area contributed by atoms with Crippen LogP contribution in [0.3, 0.4) is 0 Å². The first kappa shape index (κ1) is 14.8. The zero-order valence-electron chi connectivity index (χ0n) is 12.1. The van der Waals surface area contributed by atoms with Gasteiger partial charge in [-0.25, -0.2) is 0 Å². The fraction of sp³-hybridized carbons (Fsp3) is 0.312. The van der Waals surface area contributed by atoms with Crippen LogP contribution in [-0.2, 0) is 6.54 Å². The van der Waals surface area contributed by atoms with Crippen LogP contribution >= 0.6 is 11.6 Å². The number of aryl methyl sites for hydroxylation is 1. The average Bonchev–Trinajstić information content (AvgIpc) is 2.46. The summed E-state index contributed by atoms with van der Waals surface area (Å²) in [5, 5.41) is 0.756. The monoisotopic (exact) mass is 289 g/mol. The van der Waals surface area contributed by atoms with Gasteiger partial charge in [0, 0.05) is 41.8 Å². The third-order valence-corrected chi connectivity index (χ3v) is 3.88. The fourth-order valence-corrected chi connectivity index (χ4v) is 2.36. The molecule has 1 atom stereocenters. The summed E-state index contributed by atoms with van der Waals surface area (Å²) in [5.74, 6) is 0. The van der Waals surface area contributed by atoms with Crippen molar-refractivity contribution in [2.75, 3.05) is 11.9 Å². The van der Waals surface area contributed by atoms with Gasteiger partial charge in [0.2, 0.25) is 0 Å². The molecule has 1 unspecified atom stereocenters. The fourth-order valence-electron chi connectivity index (χ4n) is 2.23. The second-order valence-corrected chi connectivity index (χ2v) is 5.43. The third kappa shape index (κ3) is 3.11. The number of anilines is 1. The van der Waals surface area contributed by atoms with Crippen molar-refractivity contribution in [2.24, 2.45) is 5.73 Å². The average molecular weight is 290 g/mol. The first-order chi connectivity index (χ1) is 9.52. The summed E-state index contributed by atoms with van der Waals surface area (Å²) >= 11 is 5.94. The Kier molecular flexibility index (Phi) is 4.63. The molecule has 4 heteroatoms. The molecule has 2 rings (SSSR count). The molecule has 0 amide bonds. The minimum atomic E-state index is 0.236. The largest absolute Gasteiger partial charge is 0.367 e. The van der Waals surface area contributed by atoms with Gasteiger partial charge in [-0.2, -0.15) is 0 Å². The summed E-state index contributed by atoms with van der Waals surface area (Å²) in [6, 6.07) is 10.3. The van der Waals surface area contributed by atoms with E-state index in [2.05, 4.69) is 42.1 Å². The van der Waals surface area contributed by atoms with Crippen molar-refractivity contribution >= 4 is 17.3 Å². The van der Waals surface area contributed by atoms with Gasteiger partial charge in [-0.3, -0.25) is 4.98 Å². The molecule has 0 bridgehead atoms. The number of nitrogens with two attached hydrogens (primary N) is 1. The molecule has 20 heavy (non-hydrogen) atoms. The van der Waals surface area contributed by atoms with Crippen LogP contribution in [0.1, 0.15) is 29.8 Å². The smallest absolute Gasteiger partial charge is 0.0511 e. The van der Waals surface area contributed by atoms with Crippen LogP contribution in [0.5, 0.6) is 0 Å². The van der Waals surface area contributed by atoms with Crippen molar-refractivity contribution in [2.45, 2.75) is 26.4 Å². The first-order valence-corrected chi connectivity index (χ1v) is 7.04. The molecule has 2 aromatic rings. The quantitative estimate of drug-likeness (QED) is 0.933. The van der Waals surface area contributed by atoms with Crippen molar-refractivity contribution in [3.63, 3.8) is 0 Å². The molecule has 1 aromatic carbocycles. The lowest BCUT2D eigenvalue weighted by Gasteiger charge is -2.29. The summed E-state index contributed by atoms with van der Waals surface area (Å²) in [4.78, 5) is 6.53. The Morgan fingerprint density at radius 3 is 2.55 bits per heavy atom. The molecule has 0 spiro atoms. The number of benzene rings is 1. The second-order valence-electron chi connectivity index (χ2n) is 5.00. The molecule has 0 aliphatic carbocycles. The van der Waals surface area contributed by atoms with Gasteiger partial charge in [0.1, 0.15) is 0 Å². The van der Waals surface area contributed by atoms with Gasteiger partial charge in [-0.1, -0.05) is 23.7 Å². The zero-order chi connectivity index (χ0) is 14.7. The van der Waals surface area contributed by atoms with Gasteiger partial charge in [-0.05, 0) is 37.6 Å². The highest BCUT2D eigenvalue weighted by molar-refractivity contribution is 6.30. The van der Waals surface area contributed by atoms with Crippen molar-refractivity contribution in [1.82, 2.24) is 4.98 Å². The van der Waals surface area contributed by atoms with E-state index in [9.17, 15) is 0 Å². The molecule has 0 saturated heterocycles. The van der Waals surface area contributed by atoms with E-state index in [1.807, 2.05) is 25.3 Å². The number of rotatable bonds is 4. The summed E-state index contributed by atoms with van der Waals surface area (Å²) in [6.07, 6.45) is 1.86. The SMILES string of the molecule is Cc1cc(N(C)C(C)c2ccc(Cl)cc2)c(CN)cn1. The van der Waals surface area contributed by atoms with E-state index in [4.69, 9.17) is 17.3 Å². The van der Waals surface area contributed by atoms with Crippen LogP contribution in [0.25, 0.3) is 0 Å². The molecule has 0 aliphatic rings. The molecule has 0 fully saturated rings. The van der Waals surface area contributed by atoms with Crippen molar-refractivity contribution in [3.05, 3.63) is 58.4 Å². The molecule has 3 nitrogen and oxygen atoms in total. The third-order valence-electron chi connectivity index (χ3n) is 3.63. The van der Waals surface area contributed by atoms with E-state index in [1.165, 1.54) is 5.56 Å². The Labute approximate surface area is 125 Å². The number of hydrogen-bond donors (Lipinski definition) is 1. The highest BCUT2D eigenvalue weighted by Gasteiger charge is 2.15. The number of aromatic nitrogens is 1. The maximum atomic E-state index is 5.94. The predicted molar refractivity (Wildman–Crippen MR) is 85.1 cm³/mol. The molecule has 0 aliphatic heterocycles. The standard InChI is InChI=1S/C16H20ClN3/c1-11-8-16(14(9-18)10-19-11)20(3)12(2)13-4-6-15(17)7-5-13/h4-8,10,12H,9,18H2,1-3H3. The van der Waals surface area contributed by atoms with Gasteiger partial charge in [0.25, 0.3) is 0 Å². The maximum absolute atomic E-state index is 5.94. The van der Waals surface area contributed by atoms with Crippen LogP contribution in [0.15, 0.2) is 36.5 Å². The van der Waals surface area contributed by atoms with E-state index < -0.39 is 0 Å². The molecule has 106 valence electrons. The number of hydrogen-bond acceptors (Lipinski definition) is 3. The Morgan fingerprint density at radius 1 is 1.30 bits per heavy atom. The molecule has 1 aromatic heterocycles. The van der Waals surface area contributed by atoms with Crippen LogP contribution in [-0.4, -0.2) is 12.0 Å². The number of halogens is 1. The lowest BCUT2D eigenvalue weighted by molar-refractivity contribution is 0.733. The molecular formula is C16H20ClN3. The zero-order valence-corrected chi connectivity index (χ0v) is 12.9. The lowest BCUT2D eigenvalue weighted by atomic mass is 10.1. The molecule has 0 radical (unpaired) electrons. The van der Waals surface area contributed by atoms with Crippen LogP contribution in [0.2, 0.25) is 5.02 Å². The molecule has 0 saturated carbocycles. The van der Waals surface area contributed by atoms with E-state index in [0.717, 1.165) is 22.0 Å². The maximum Gasteiger partial charge on any atom is 0.0511 e. The Balaban J connectivity index is 2.32. The molecule has 2 N–H and O–H groups in total. The van der Waals surface area contributed by atoms with Crippen molar-refractivity contribution < 1.29 is 0 Å². The van der Waals surface area contributed by atoms with E-state index >= 15 is 0 Å². The van der Waals surface area contributed by atoms with Gasteiger partial charge >= 0.3 is 0 Å². The highest BCUT2D eigenvalue weighted by atomic mass is 35.5. The van der Waals surface area contributed by atoms with Gasteiger partial charge in [0.05, 0.1) is 6.04 Å². The molecule has 1 heterocycles. The van der Waals surface area contributed by atoms with E-state index in [-0.39, 0.29) is 6.04 Å². The minimum absolute atomic E-state index is 0.236. The van der Waals surface area contributed by atoms with Gasteiger partial charge in [-0.15, -0.1) is 0 Å². The summed E-state index contributed by atoms with van der Waals surface area (Å²) in [6.45, 7) is 4.64. The Hall–Kier alpha value is -1.58. The summed E-state index contributed by atoms with van der Waals surface area (Å²) in [7, 11) is 2.08.